The van der Waals surface area contributed by atoms with Crippen LogP contribution in [-0.2, 0) is 5.11 Å². The number of rotatable bonds is 0. The summed E-state index contributed by atoms with van der Waals surface area (Å²) in [6.45, 7) is 0. The zero-order valence-corrected chi connectivity index (χ0v) is 31.8. The highest BCUT2D eigenvalue weighted by molar-refractivity contribution is 14.2. The first kappa shape index (κ1) is 23.3. The topological polar surface area (TPSA) is 19.9 Å². The van der Waals surface area contributed by atoms with Crippen LogP contribution in [0.15, 0.2) is 0 Å². The zero-order chi connectivity index (χ0) is 15.5. The number of fused-ring (bicyclic) bond motifs is 2. The van der Waals surface area contributed by atoms with Gasteiger partial charge in [0.05, 0.1) is 0 Å². The van der Waals surface area contributed by atoms with Crippen LogP contribution < -0.4 is 0 Å². The summed E-state index contributed by atoms with van der Waals surface area (Å²) in [6.07, 6.45) is 0. The number of alkyl halides is 11. The van der Waals surface area contributed by atoms with Gasteiger partial charge in [-0.05, 0) is 22.6 Å². The van der Waals surface area contributed by atoms with Crippen LogP contribution in [0.3, 0.4) is 0 Å². The molecule has 111 valence electrons. The molecule has 0 amide bonds. The molecule has 0 saturated heterocycles. The summed E-state index contributed by atoms with van der Waals surface area (Å²) in [5.74, 6) is 0. The lowest BCUT2D eigenvalue weighted by atomic mass is 9.97. The van der Waals surface area contributed by atoms with Crippen molar-refractivity contribution in [3.8, 4) is 0 Å². The molecule has 0 N–H and O–H groups in total. The van der Waals surface area contributed by atoms with E-state index in [1.54, 1.807) is 0 Å². The number of hydrogen-bond donors (Lipinski definition) is 0. The third kappa shape index (κ3) is 2.34. The predicted molar refractivity (Wildman–Crippen MR) is 174 cm³/mol. The van der Waals surface area contributed by atoms with Crippen molar-refractivity contribution in [2.45, 2.75) is 16.2 Å². The van der Waals surface area contributed by atoms with Crippen LogP contribution in [0.4, 0.5) is 0 Å². The summed E-state index contributed by atoms with van der Waals surface area (Å²) in [5.41, 5.74) is 0. The normalized spacial score (nSPS) is 52.4. The Bertz CT molecular complexity index is 384. The maximum absolute atomic E-state index is 13.7. The van der Waals surface area contributed by atoms with E-state index < -0.39 is 3.61 Å². The van der Waals surface area contributed by atoms with E-state index in [9.17, 15) is 5.11 Å². The minimum atomic E-state index is -1.04. The average molecular weight is 1500 g/mol. The third-order valence-corrected chi connectivity index (χ3v) is 40.2. The van der Waals surface area contributed by atoms with Crippen LogP contribution in [0.5, 0.6) is 0 Å². The van der Waals surface area contributed by atoms with Crippen LogP contribution in [-0.4, -0.2) is 16.2 Å². The molecule has 0 aromatic heterocycles. The number of halogens is 11. The van der Waals surface area contributed by atoms with E-state index in [1.165, 1.54) is 0 Å². The smallest absolute Gasteiger partial charge is 0.197 e. The SMILES string of the molecule is [O]C1(I)C(I)(I)C2(I)C(I)(I)C(I)(I)C1(I)C2(I)I. The maximum atomic E-state index is 13.7. The third-order valence-electron chi connectivity index (χ3n) is 3.40. The molecular formula is C7I11O. The van der Waals surface area contributed by atoms with E-state index in [4.69, 9.17) is 0 Å². The van der Waals surface area contributed by atoms with Crippen molar-refractivity contribution < 1.29 is 5.11 Å². The zero-order valence-electron chi connectivity index (χ0n) is 8.07. The Morgan fingerprint density at radius 2 is 0.737 bits per heavy atom. The second-order valence-electron chi connectivity index (χ2n) is 4.21. The minimum absolute atomic E-state index is 0.0117. The molecule has 2 bridgehead atoms. The standard InChI is InChI=1S/C7I11O/c8-1-3(10,11)2(9,5(14,15)4(1,12)13)7(18,19)6(1,16)17. The first-order chi connectivity index (χ1) is 8.00. The van der Waals surface area contributed by atoms with Crippen LogP contribution in [0.2, 0.25) is 0 Å². The van der Waals surface area contributed by atoms with Gasteiger partial charge in [0.15, 0.2) is 3.61 Å². The Balaban J connectivity index is 2.99. The van der Waals surface area contributed by atoms with Crippen molar-refractivity contribution in [2.75, 3.05) is 0 Å². The summed E-state index contributed by atoms with van der Waals surface area (Å²) in [4.78, 5) is 0. The van der Waals surface area contributed by atoms with Crippen molar-refractivity contribution >= 4 is 248 Å². The molecule has 3 unspecified atom stereocenters. The van der Waals surface area contributed by atoms with Gasteiger partial charge in [-0.2, -0.15) is 0 Å². The first-order valence-electron chi connectivity index (χ1n) is 4.28. The van der Waals surface area contributed by atoms with E-state index in [0.717, 1.165) is 0 Å². The van der Waals surface area contributed by atoms with Crippen LogP contribution >= 0.6 is 248 Å². The first-order valence-corrected chi connectivity index (χ1v) is 16.1. The molecule has 0 aliphatic heterocycles. The van der Waals surface area contributed by atoms with Crippen molar-refractivity contribution in [2.24, 2.45) is 0 Å². The molecule has 0 aromatic rings. The van der Waals surface area contributed by atoms with Gasteiger partial charge >= 0.3 is 0 Å². The Morgan fingerprint density at radius 3 is 1.00 bits per heavy atom. The molecule has 2 fully saturated rings. The van der Waals surface area contributed by atoms with E-state index in [1.807, 2.05) is 0 Å². The molecule has 0 aromatic carbocycles. The lowest BCUT2D eigenvalue weighted by Crippen LogP contribution is -2.69. The lowest BCUT2D eigenvalue weighted by molar-refractivity contribution is 0.0547. The van der Waals surface area contributed by atoms with Crippen molar-refractivity contribution in [3.63, 3.8) is 0 Å². The second kappa shape index (κ2) is 6.49. The molecule has 1 radical (unpaired) electrons. The summed E-state index contributed by atoms with van der Waals surface area (Å²) < 4.78 is -2.13. The van der Waals surface area contributed by atoms with Gasteiger partial charge in [0.2, 0.25) is 0 Å². The van der Waals surface area contributed by atoms with Gasteiger partial charge in [0.25, 0.3) is 0 Å². The van der Waals surface area contributed by atoms with Crippen LogP contribution in [0, 0.1) is 0 Å². The van der Waals surface area contributed by atoms with Crippen molar-refractivity contribution in [1.82, 2.24) is 0 Å². The van der Waals surface area contributed by atoms with E-state index in [-0.39, 0.29) is 12.6 Å². The maximum Gasteiger partial charge on any atom is 0.197 e. The quantitative estimate of drug-likeness (QED) is 0.173. The molecule has 19 heavy (non-hydrogen) atoms. The summed E-state index contributed by atoms with van der Waals surface area (Å²) in [6, 6.07) is 0. The molecule has 3 atom stereocenters. The second-order valence-corrected chi connectivity index (χ2v) is 30.2. The molecule has 2 saturated carbocycles. The summed E-state index contributed by atoms with van der Waals surface area (Å²) in [5, 5.41) is 13.7. The van der Waals surface area contributed by atoms with Gasteiger partial charge in [0.1, 0.15) is 12.6 Å². The Labute approximate surface area is 262 Å². The summed E-state index contributed by atoms with van der Waals surface area (Å²) in [7, 11) is 0. The highest BCUT2D eigenvalue weighted by Crippen LogP contribution is 2.93. The van der Waals surface area contributed by atoms with Gasteiger partial charge in [-0.3, -0.25) is 0 Å². The lowest BCUT2D eigenvalue weighted by Gasteiger charge is -2.55. The molecule has 0 spiro atoms. The van der Waals surface area contributed by atoms with E-state index >= 15 is 0 Å². The van der Waals surface area contributed by atoms with Gasteiger partial charge < -0.3 is 0 Å². The fraction of sp³-hybridized carbons (Fsp3) is 1.00. The average Bonchev–Trinajstić information content (AvgIpc) is 2.32. The van der Waals surface area contributed by atoms with Crippen LogP contribution in [0.1, 0.15) is 0 Å². The van der Waals surface area contributed by atoms with E-state index in [0.29, 0.717) is 0 Å². The molecule has 0 heterocycles. The molecule has 2 aliphatic rings. The van der Waals surface area contributed by atoms with Crippen molar-refractivity contribution in [3.05, 3.63) is 0 Å². The van der Waals surface area contributed by atoms with Gasteiger partial charge in [-0.25, -0.2) is 5.11 Å². The largest absolute Gasteiger partial charge is 0.214 e. The molecule has 2 rings (SSSR count). The molecular weight excluding hydrogens is 1500 g/mol. The van der Waals surface area contributed by atoms with Gasteiger partial charge in [-0.1, -0.05) is 226 Å². The Morgan fingerprint density at radius 1 is 0.421 bits per heavy atom. The van der Waals surface area contributed by atoms with E-state index in [2.05, 4.69) is 248 Å². The molecule has 2 aliphatic carbocycles. The Kier molecular flexibility index (Phi) is 7.95. The minimum Gasteiger partial charge on any atom is -0.214 e. The fourth-order valence-electron chi connectivity index (χ4n) is 2.30. The van der Waals surface area contributed by atoms with Gasteiger partial charge in [-0.15, -0.1) is 0 Å². The number of hydrogen-bond acceptors (Lipinski definition) is 0. The van der Waals surface area contributed by atoms with Crippen LogP contribution in [0.25, 0.3) is 0 Å². The fourth-order valence-corrected chi connectivity index (χ4v) is 30.8. The van der Waals surface area contributed by atoms with Crippen molar-refractivity contribution in [1.29, 1.82) is 0 Å². The predicted octanol–water partition coefficient (Wildman–Crippen LogP) is 8.19. The Hall–Kier alpha value is 7.99. The molecule has 12 heteroatoms. The summed E-state index contributed by atoms with van der Waals surface area (Å²) >= 11 is 27.5. The highest BCUT2D eigenvalue weighted by atomic mass is 127. The monoisotopic (exact) mass is 1500 g/mol. The molecule has 1 nitrogen and oxygen atoms in total. The van der Waals surface area contributed by atoms with Gasteiger partial charge in [0, 0.05) is 0 Å². The highest BCUT2D eigenvalue weighted by Gasteiger charge is 3.01.